The van der Waals surface area contributed by atoms with E-state index >= 15 is 0 Å². The number of aromatic nitrogens is 3. The maximum Gasteiger partial charge on any atom is 0.164 e. The molecule has 0 radical (unpaired) electrons. The van der Waals surface area contributed by atoms with E-state index in [1.54, 1.807) is 0 Å². The van der Waals surface area contributed by atoms with Crippen LogP contribution in [0.5, 0.6) is 11.5 Å². The van der Waals surface area contributed by atoms with Crippen molar-refractivity contribution in [2.24, 2.45) is 0 Å². The molecule has 0 saturated heterocycles. The summed E-state index contributed by atoms with van der Waals surface area (Å²) in [6.07, 6.45) is 0. The number of fused-ring (bicyclic) bond motifs is 5. The van der Waals surface area contributed by atoms with Crippen molar-refractivity contribution in [3.63, 3.8) is 0 Å². The van der Waals surface area contributed by atoms with Gasteiger partial charge in [0.2, 0.25) is 0 Å². The summed E-state index contributed by atoms with van der Waals surface area (Å²) in [5.41, 5.74) is 9.69. The van der Waals surface area contributed by atoms with Gasteiger partial charge in [0, 0.05) is 61.5 Å². The van der Waals surface area contributed by atoms with Crippen molar-refractivity contribution in [2.45, 2.75) is 0 Å². The van der Waals surface area contributed by atoms with Crippen molar-refractivity contribution in [1.29, 1.82) is 0 Å². The van der Waals surface area contributed by atoms with Crippen LogP contribution in [0, 0.1) is 0 Å². The summed E-state index contributed by atoms with van der Waals surface area (Å²) in [5, 5.41) is 4.21. The molecule has 6 heteroatoms. The van der Waals surface area contributed by atoms with Crippen molar-refractivity contribution in [2.75, 3.05) is 4.90 Å². The van der Waals surface area contributed by atoms with E-state index in [4.69, 9.17) is 24.1 Å². The quantitative estimate of drug-likeness (QED) is 0.171. The molecule has 2 aromatic heterocycles. The highest BCUT2D eigenvalue weighted by Gasteiger charge is 2.25. The Morgan fingerprint density at radius 3 is 1.73 bits per heavy atom. The van der Waals surface area contributed by atoms with E-state index in [1.807, 2.05) is 84.9 Å². The van der Waals surface area contributed by atoms with Crippen LogP contribution in [0.2, 0.25) is 0 Å². The Morgan fingerprint density at radius 1 is 0.364 bits per heavy atom. The van der Waals surface area contributed by atoms with E-state index in [-0.39, 0.29) is 0 Å². The SMILES string of the molecule is c1ccc(-c2nc(-c3ccccc3)nc(-c3ccc4c5c(cccc35)-c3ccc(N(c5ccccc5)c5ccc6oc7ccccc7c6c5)cc3O4)n2)cc1. The zero-order valence-corrected chi connectivity index (χ0v) is 29.4. The average molecular weight is 707 g/mol. The van der Waals surface area contributed by atoms with Gasteiger partial charge in [0.25, 0.3) is 0 Å². The van der Waals surface area contributed by atoms with Gasteiger partial charge in [-0.15, -0.1) is 0 Å². The van der Waals surface area contributed by atoms with Crippen LogP contribution in [0.3, 0.4) is 0 Å². The summed E-state index contributed by atoms with van der Waals surface area (Å²) in [6, 6.07) is 62.1. The summed E-state index contributed by atoms with van der Waals surface area (Å²) in [4.78, 5) is 17.3. The lowest BCUT2D eigenvalue weighted by Crippen LogP contribution is -2.10. The molecule has 6 nitrogen and oxygen atoms in total. The molecule has 0 spiro atoms. The molecule has 0 aliphatic carbocycles. The number of anilines is 3. The molecule has 0 N–H and O–H groups in total. The lowest BCUT2D eigenvalue weighted by Gasteiger charge is -2.28. The maximum absolute atomic E-state index is 6.81. The molecule has 0 saturated carbocycles. The Hall–Kier alpha value is -7.57. The average Bonchev–Trinajstić information content (AvgIpc) is 3.63. The largest absolute Gasteiger partial charge is 0.456 e. The molecular formula is C49H30N4O2. The van der Waals surface area contributed by atoms with Gasteiger partial charge in [0.15, 0.2) is 17.5 Å². The smallest absolute Gasteiger partial charge is 0.164 e. The van der Waals surface area contributed by atoms with Crippen LogP contribution >= 0.6 is 0 Å². The van der Waals surface area contributed by atoms with Crippen LogP contribution in [0.25, 0.3) is 78.0 Å². The van der Waals surface area contributed by atoms with Crippen molar-refractivity contribution in [1.82, 2.24) is 15.0 Å². The number of para-hydroxylation sites is 2. The predicted octanol–water partition coefficient (Wildman–Crippen LogP) is 13.2. The number of rotatable bonds is 6. The summed E-state index contributed by atoms with van der Waals surface area (Å²) in [7, 11) is 0. The zero-order valence-electron chi connectivity index (χ0n) is 29.4. The van der Waals surface area contributed by atoms with E-state index in [1.165, 1.54) is 0 Å². The van der Waals surface area contributed by atoms with Crippen molar-refractivity contribution < 1.29 is 9.15 Å². The highest BCUT2D eigenvalue weighted by atomic mass is 16.5. The molecule has 1 aliphatic heterocycles. The second-order valence-electron chi connectivity index (χ2n) is 13.6. The highest BCUT2D eigenvalue weighted by molar-refractivity contribution is 6.10. The number of ether oxygens (including phenoxy) is 1. The minimum atomic E-state index is 0.610. The molecule has 0 amide bonds. The van der Waals surface area contributed by atoms with Gasteiger partial charge in [-0.3, -0.25) is 0 Å². The maximum atomic E-state index is 6.81. The third-order valence-corrected chi connectivity index (χ3v) is 10.3. The van der Waals surface area contributed by atoms with Crippen molar-refractivity contribution in [3.05, 3.63) is 182 Å². The molecule has 55 heavy (non-hydrogen) atoms. The molecule has 3 heterocycles. The van der Waals surface area contributed by atoms with Gasteiger partial charge in [-0.25, -0.2) is 15.0 Å². The molecule has 1 aliphatic rings. The molecule has 0 fully saturated rings. The van der Waals surface area contributed by atoms with Gasteiger partial charge in [-0.1, -0.05) is 115 Å². The fourth-order valence-corrected chi connectivity index (χ4v) is 7.76. The van der Waals surface area contributed by atoms with E-state index in [0.717, 1.165) is 89.1 Å². The van der Waals surface area contributed by atoms with E-state index in [9.17, 15) is 0 Å². The van der Waals surface area contributed by atoms with Crippen LogP contribution in [0.4, 0.5) is 17.1 Å². The van der Waals surface area contributed by atoms with Crippen LogP contribution < -0.4 is 9.64 Å². The first kappa shape index (κ1) is 31.0. The topological polar surface area (TPSA) is 64.3 Å². The fraction of sp³-hybridized carbons (Fsp3) is 0. The molecule has 11 rings (SSSR count). The second-order valence-corrected chi connectivity index (χ2v) is 13.6. The van der Waals surface area contributed by atoms with Gasteiger partial charge in [-0.2, -0.15) is 0 Å². The lowest BCUT2D eigenvalue weighted by atomic mass is 9.92. The van der Waals surface area contributed by atoms with Crippen LogP contribution in [-0.4, -0.2) is 15.0 Å². The van der Waals surface area contributed by atoms with Gasteiger partial charge in [-0.05, 0) is 71.6 Å². The third-order valence-electron chi connectivity index (χ3n) is 10.3. The number of nitrogens with zero attached hydrogens (tertiary/aromatic N) is 4. The number of hydrogen-bond acceptors (Lipinski definition) is 6. The standard InChI is InChI=1S/C49H30N4O2/c1-4-13-31(14-5-1)47-50-48(32-15-6-2-7-16-32)52-49(51-47)40-26-28-44-46-38(20-12-21-39(40)46)37-25-23-35(30-45(37)55-44)53(33-17-8-3-9-18-33)34-24-27-43-41(29-34)36-19-10-11-22-42(36)54-43/h1-30H. The van der Waals surface area contributed by atoms with Crippen molar-refractivity contribution >= 4 is 49.8 Å². The summed E-state index contributed by atoms with van der Waals surface area (Å²) in [5.74, 6) is 3.44. The highest BCUT2D eigenvalue weighted by Crippen LogP contribution is 2.50. The van der Waals surface area contributed by atoms with Crippen LogP contribution in [0.1, 0.15) is 0 Å². The summed E-state index contributed by atoms with van der Waals surface area (Å²) >= 11 is 0. The van der Waals surface area contributed by atoms with E-state index < -0.39 is 0 Å². The molecule has 0 bridgehead atoms. The Balaban J connectivity index is 1.04. The molecule has 0 atom stereocenters. The summed E-state index contributed by atoms with van der Waals surface area (Å²) < 4.78 is 13.0. The predicted molar refractivity (Wildman–Crippen MR) is 221 cm³/mol. The van der Waals surface area contributed by atoms with E-state index in [2.05, 4.69) is 102 Å². The van der Waals surface area contributed by atoms with Gasteiger partial charge >= 0.3 is 0 Å². The Morgan fingerprint density at radius 2 is 0.964 bits per heavy atom. The Kier molecular flexibility index (Phi) is 7.07. The van der Waals surface area contributed by atoms with Crippen LogP contribution in [-0.2, 0) is 0 Å². The first-order chi connectivity index (χ1) is 27.2. The molecule has 10 aromatic rings. The first-order valence-electron chi connectivity index (χ1n) is 18.3. The summed E-state index contributed by atoms with van der Waals surface area (Å²) in [6.45, 7) is 0. The normalized spacial score (nSPS) is 11.8. The second kappa shape index (κ2) is 12.5. The van der Waals surface area contributed by atoms with Gasteiger partial charge in [0.1, 0.15) is 22.7 Å². The first-order valence-corrected chi connectivity index (χ1v) is 18.3. The lowest BCUT2D eigenvalue weighted by molar-refractivity contribution is 0.487. The molecule has 258 valence electrons. The zero-order chi connectivity index (χ0) is 36.3. The number of furan rings is 1. The Bertz CT molecular complexity index is 3010. The number of benzene rings is 8. The molecular weight excluding hydrogens is 677 g/mol. The van der Waals surface area contributed by atoms with E-state index in [0.29, 0.717) is 17.5 Å². The minimum absolute atomic E-state index is 0.610. The van der Waals surface area contributed by atoms with Gasteiger partial charge < -0.3 is 14.1 Å². The Labute approximate surface area is 316 Å². The minimum Gasteiger partial charge on any atom is -0.456 e. The molecule has 8 aromatic carbocycles. The fourth-order valence-electron chi connectivity index (χ4n) is 7.76. The van der Waals surface area contributed by atoms with Gasteiger partial charge in [0.05, 0.1) is 0 Å². The number of hydrogen-bond donors (Lipinski definition) is 0. The third kappa shape index (κ3) is 5.23. The van der Waals surface area contributed by atoms with Crippen LogP contribution in [0.15, 0.2) is 186 Å². The molecule has 0 unspecified atom stereocenters. The van der Waals surface area contributed by atoms with Crippen molar-refractivity contribution in [3.8, 4) is 56.8 Å². The monoisotopic (exact) mass is 706 g/mol.